The van der Waals surface area contributed by atoms with Crippen molar-refractivity contribution in [2.45, 2.75) is 6.42 Å². The molecular weight excluding hydrogens is 472 g/mol. The first-order valence-electron chi connectivity index (χ1n) is 9.55. The highest BCUT2D eigenvalue weighted by Gasteiger charge is 2.10. The number of aromatic nitrogens is 2. The van der Waals surface area contributed by atoms with Crippen molar-refractivity contribution in [1.82, 2.24) is 9.97 Å². The van der Waals surface area contributed by atoms with Gasteiger partial charge in [0.15, 0.2) is 0 Å². The molecule has 0 unspecified atom stereocenters. The summed E-state index contributed by atoms with van der Waals surface area (Å²) in [6.07, 6.45) is 0.764. The Labute approximate surface area is 192 Å². The quantitative estimate of drug-likeness (QED) is 0.250. The van der Waals surface area contributed by atoms with Crippen LogP contribution in [0.2, 0.25) is 0 Å². The standard InChI is InChI=1S/C25H17BrN2S2/c26-21-12-10-20(11-13-21)25-27-22(15-30-25)14-24-28-23(16-29-24)19-8-6-18(7-9-19)17-4-2-1-3-5-17/h1-13,15-16H,14H2. The molecule has 0 amide bonds. The first-order chi connectivity index (χ1) is 14.7. The summed E-state index contributed by atoms with van der Waals surface area (Å²) in [5, 5.41) is 6.40. The number of hydrogen-bond acceptors (Lipinski definition) is 4. The van der Waals surface area contributed by atoms with Crippen molar-refractivity contribution in [1.29, 1.82) is 0 Å². The third-order valence-electron chi connectivity index (χ3n) is 4.81. The molecule has 0 atom stereocenters. The van der Waals surface area contributed by atoms with Gasteiger partial charge < -0.3 is 0 Å². The Hall–Kier alpha value is -2.60. The summed E-state index contributed by atoms with van der Waals surface area (Å²) in [4.78, 5) is 9.65. The SMILES string of the molecule is Brc1ccc(-c2nc(Cc3nc(-c4ccc(-c5ccccc5)cc4)cs3)cs2)cc1. The van der Waals surface area contributed by atoms with Crippen molar-refractivity contribution >= 4 is 38.6 Å². The van der Waals surface area contributed by atoms with Crippen LogP contribution in [0, 0.1) is 0 Å². The molecule has 0 saturated carbocycles. The fraction of sp³-hybridized carbons (Fsp3) is 0.0400. The normalized spacial score (nSPS) is 11.0. The summed E-state index contributed by atoms with van der Waals surface area (Å²) >= 11 is 6.86. The summed E-state index contributed by atoms with van der Waals surface area (Å²) in [5.41, 5.74) is 6.83. The van der Waals surface area contributed by atoms with Crippen LogP contribution < -0.4 is 0 Å². The lowest BCUT2D eigenvalue weighted by molar-refractivity contribution is 1.08. The number of benzene rings is 3. The molecule has 0 N–H and O–H groups in total. The third kappa shape index (κ3) is 4.29. The van der Waals surface area contributed by atoms with E-state index in [4.69, 9.17) is 9.97 Å². The Balaban J connectivity index is 1.31. The molecule has 0 spiro atoms. The Bertz CT molecular complexity index is 1260. The molecule has 0 fully saturated rings. The highest BCUT2D eigenvalue weighted by atomic mass is 79.9. The van der Waals surface area contributed by atoms with E-state index < -0.39 is 0 Å². The van der Waals surface area contributed by atoms with E-state index in [1.165, 1.54) is 11.1 Å². The van der Waals surface area contributed by atoms with E-state index in [2.05, 4.69) is 87.4 Å². The van der Waals surface area contributed by atoms with Gasteiger partial charge in [-0.15, -0.1) is 22.7 Å². The Kier molecular flexibility index (Phi) is 5.58. The van der Waals surface area contributed by atoms with Crippen LogP contribution in [-0.2, 0) is 6.42 Å². The summed E-state index contributed by atoms with van der Waals surface area (Å²) in [7, 11) is 0. The minimum absolute atomic E-state index is 0.764. The smallest absolute Gasteiger partial charge is 0.123 e. The van der Waals surface area contributed by atoms with Gasteiger partial charge in [-0.2, -0.15) is 0 Å². The van der Waals surface area contributed by atoms with Crippen molar-refractivity contribution in [2.75, 3.05) is 0 Å². The van der Waals surface area contributed by atoms with Gasteiger partial charge in [-0.1, -0.05) is 82.7 Å². The zero-order valence-electron chi connectivity index (χ0n) is 16.0. The van der Waals surface area contributed by atoms with Gasteiger partial charge in [-0.25, -0.2) is 9.97 Å². The largest absolute Gasteiger partial charge is 0.241 e. The van der Waals surface area contributed by atoms with Crippen LogP contribution >= 0.6 is 38.6 Å². The minimum Gasteiger partial charge on any atom is -0.241 e. The molecular formula is C25H17BrN2S2. The Morgan fingerprint density at radius 1 is 0.633 bits per heavy atom. The van der Waals surface area contributed by atoms with E-state index in [9.17, 15) is 0 Å². The van der Waals surface area contributed by atoms with E-state index >= 15 is 0 Å². The zero-order chi connectivity index (χ0) is 20.3. The van der Waals surface area contributed by atoms with Crippen LogP contribution in [0.15, 0.2) is 94.1 Å². The number of rotatable bonds is 5. The number of halogens is 1. The van der Waals surface area contributed by atoms with E-state index in [-0.39, 0.29) is 0 Å². The van der Waals surface area contributed by atoms with Gasteiger partial charge >= 0.3 is 0 Å². The van der Waals surface area contributed by atoms with Crippen LogP contribution in [0.5, 0.6) is 0 Å². The fourth-order valence-electron chi connectivity index (χ4n) is 3.26. The van der Waals surface area contributed by atoms with Crippen LogP contribution in [0.25, 0.3) is 33.0 Å². The molecule has 2 nitrogen and oxygen atoms in total. The van der Waals surface area contributed by atoms with Crippen molar-refractivity contribution in [3.05, 3.63) is 105 Å². The molecule has 0 radical (unpaired) electrons. The second kappa shape index (κ2) is 8.64. The summed E-state index contributed by atoms with van der Waals surface area (Å²) in [5.74, 6) is 0. The van der Waals surface area contributed by atoms with E-state index in [0.717, 1.165) is 43.4 Å². The first-order valence-corrected chi connectivity index (χ1v) is 12.1. The highest BCUT2D eigenvalue weighted by molar-refractivity contribution is 9.10. The average Bonchev–Trinajstić information content (AvgIpc) is 3.45. The van der Waals surface area contributed by atoms with Gasteiger partial charge in [-0.3, -0.25) is 0 Å². The van der Waals surface area contributed by atoms with Gasteiger partial charge in [-0.05, 0) is 23.3 Å². The van der Waals surface area contributed by atoms with Crippen molar-refractivity contribution < 1.29 is 0 Å². The number of nitrogens with zero attached hydrogens (tertiary/aromatic N) is 2. The molecule has 3 aromatic carbocycles. The first kappa shape index (κ1) is 19.4. The number of thiazole rings is 2. The van der Waals surface area contributed by atoms with Gasteiger partial charge in [0.25, 0.3) is 0 Å². The van der Waals surface area contributed by atoms with Gasteiger partial charge in [0.1, 0.15) is 5.01 Å². The molecule has 5 rings (SSSR count). The van der Waals surface area contributed by atoms with Gasteiger partial charge in [0, 0.05) is 32.8 Å². The molecule has 146 valence electrons. The van der Waals surface area contributed by atoms with Crippen LogP contribution in [0.1, 0.15) is 10.7 Å². The molecule has 5 aromatic rings. The monoisotopic (exact) mass is 488 g/mol. The average molecular weight is 489 g/mol. The second-order valence-electron chi connectivity index (χ2n) is 6.90. The summed E-state index contributed by atoms with van der Waals surface area (Å²) in [6, 6.07) is 27.3. The third-order valence-corrected chi connectivity index (χ3v) is 7.13. The highest BCUT2D eigenvalue weighted by Crippen LogP contribution is 2.29. The lowest BCUT2D eigenvalue weighted by atomic mass is 10.0. The van der Waals surface area contributed by atoms with Crippen LogP contribution in [0.3, 0.4) is 0 Å². The van der Waals surface area contributed by atoms with E-state index in [1.807, 2.05) is 18.2 Å². The maximum Gasteiger partial charge on any atom is 0.123 e. The minimum atomic E-state index is 0.764. The molecule has 30 heavy (non-hydrogen) atoms. The van der Waals surface area contributed by atoms with Crippen LogP contribution in [-0.4, -0.2) is 9.97 Å². The molecule has 0 aliphatic carbocycles. The lowest BCUT2D eigenvalue weighted by Crippen LogP contribution is -1.88. The summed E-state index contributed by atoms with van der Waals surface area (Å²) in [6.45, 7) is 0. The van der Waals surface area contributed by atoms with Crippen molar-refractivity contribution in [3.63, 3.8) is 0 Å². The molecule has 0 saturated heterocycles. The van der Waals surface area contributed by atoms with E-state index in [0.29, 0.717) is 0 Å². The Morgan fingerprint density at radius 3 is 2.07 bits per heavy atom. The predicted octanol–water partition coefficient (Wildman–Crippen LogP) is 7.95. The second-order valence-corrected chi connectivity index (χ2v) is 9.61. The van der Waals surface area contributed by atoms with Crippen LogP contribution in [0.4, 0.5) is 0 Å². The zero-order valence-corrected chi connectivity index (χ0v) is 19.2. The van der Waals surface area contributed by atoms with Crippen molar-refractivity contribution in [3.8, 4) is 33.0 Å². The predicted molar refractivity (Wildman–Crippen MR) is 131 cm³/mol. The molecule has 0 aliphatic rings. The Morgan fingerprint density at radius 2 is 1.30 bits per heavy atom. The topological polar surface area (TPSA) is 25.8 Å². The fourth-order valence-corrected chi connectivity index (χ4v) is 5.17. The van der Waals surface area contributed by atoms with Gasteiger partial charge in [0.2, 0.25) is 0 Å². The molecule has 0 bridgehead atoms. The molecule has 2 aromatic heterocycles. The lowest BCUT2D eigenvalue weighted by Gasteiger charge is -2.02. The van der Waals surface area contributed by atoms with Gasteiger partial charge in [0.05, 0.1) is 16.4 Å². The van der Waals surface area contributed by atoms with Crippen molar-refractivity contribution in [2.24, 2.45) is 0 Å². The molecule has 2 heterocycles. The molecule has 0 aliphatic heterocycles. The number of hydrogen-bond donors (Lipinski definition) is 0. The molecule has 5 heteroatoms. The summed E-state index contributed by atoms with van der Waals surface area (Å²) < 4.78 is 1.08. The van der Waals surface area contributed by atoms with E-state index in [1.54, 1.807) is 22.7 Å². The maximum atomic E-state index is 4.85. The maximum absolute atomic E-state index is 4.85.